The maximum Gasteiger partial charge on any atom is 0.349 e. The molecule has 23 heavy (non-hydrogen) atoms. The van der Waals surface area contributed by atoms with Crippen molar-refractivity contribution in [1.29, 1.82) is 0 Å². The third kappa shape index (κ3) is 4.35. The number of benzene rings is 2. The summed E-state index contributed by atoms with van der Waals surface area (Å²) in [5.74, 6) is 0.163. The fourth-order valence-electron chi connectivity index (χ4n) is 1.79. The van der Waals surface area contributed by atoms with Crippen molar-refractivity contribution in [1.82, 2.24) is 0 Å². The maximum atomic E-state index is 13.0. The van der Waals surface area contributed by atoms with Gasteiger partial charge in [-0.3, -0.25) is 0 Å². The van der Waals surface area contributed by atoms with Gasteiger partial charge in [-0.2, -0.15) is 0 Å². The van der Waals surface area contributed by atoms with Crippen molar-refractivity contribution >= 4 is 21.9 Å². The van der Waals surface area contributed by atoms with Crippen LogP contribution in [0.5, 0.6) is 23.0 Å². The minimum absolute atomic E-state index is 0.171. The fourth-order valence-corrected chi connectivity index (χ4v) is 2.26. The molecule has 5 nitrogen and oxygen atoms in total. The summed E-state index contributed by atoms with van der Waals surface area (Å²) in [5, 5.41) is 0. The van der Waals surface area contributed by atoms with E-state index < -0.39 is 11.8 Å². The lowest BCUT2D eigenvalue weighted by Gasteiger charge is -2.13. The Balaban J connectivity index is 2.05. The molecule has 0 N–H and O–H groups in total. The third-order valence-corrected chi connectivity index (χ3v) is 3.46. The number of methoxy groups -OCH3 is 2. The van der Waals surface area contributed by atoms with E-state index in [9.17, 15) is 9.18 Å². The predicted octanol–water partition coefficient (Wildman–Crippen LogP) is 3.59. The SMILES string of the molecule is COc1cccc(OC)c1OC(=O)COc1ccc(F)cc1Br. The Bertz CT molecular complexity index is 683. The standard InChI is InChI=1S/C16H14BrFO5/c1-20-13-4-3-5-14(21-2)16(13)23-15(19)9-22-12-7-6-10(18)8-11(12)17/h3-8H,9H2,1-2H3. The van der Waals surface area contributed by atoms with Crippen LogP contribution in [0.25, 0.3) is 0 Å². The van der Waals surface area contributed by atoms with Crippen LogP contribution in [0.1, 0.15) is 0 Å². The van der Waals surface area contributed by atoms with Crippen LogP contribution in [0, 0.1) is 5.82 Å². The first-order valence-corrected chi connectivity index (χ1v) is 7.34. The molecule has 0 spiro atoms. The van der Waals surface area contributed by atoms with Crippen molar-refractivity contribution in [2.45, 2.75) is 0 Å². The van der Waals surface area contributed by atoms with E-state index >= 15 is 0 Å². The fraction of sp³-hybridized carbons (Fsp3) is 0.188. The minimum Gasteiger partial charge on any atom is -0.493 e. The van der Waals surface area contributed by atoms with Crippen molar-refractivity contribution < 1.29 is 28.1 Å². The summed E-state index contributed by atoms with van der Waals surface area (Å²) >= 11 is 3.15. The average molecular weight is 385 g/mol. The number of esters is 1. The number of carbonyl (C=O) groups excluding carboxylic acids is 1. The van der Waals surface area contributed by atoms with Gasteiger partial charge in [-0.15, -0.1) is 0 Å². The van der Waals surface area contributed by atoms with Crippen LogP contribution in [0.2, 0.25) is 0 Å². The van der Waals surface area contributed by atoms with Gasteiger partial charge in [0.05, 0.1) is 18.7 Å². The van der Waals surface area contributed by atoms with Gasteiger partial charge in [0.15, 0.2) is 18.1 Å². The van der Waals surface area contributed by atoms with Crippen molar-refractivity contribution in [3.8, 4) is 23.0 Å². The molecule has 0 heterocycles. The van der Waals surface area contributed by atoms with Crippen LogP contribution in [0.3, 0.4) is 0 Å². The maximum absolute atomic E-state index is 13.0. The average Bonchev–Trinajstić information content (AvgIpc) is 2.54. The highest BCUT2D eigenvalue weighted by atomic mass is 79.9. The van der Waals surface area contributed by atoms with Crippen LogP contribution in [0.15, 0.2) is 40.9 Å². The summed E-state index contributed by atoms with van der Waals surface area (Å²) in [4.78, 5) is 12.0. The van der Waals surface area contributed by atoms with E-state index in [2.05, 4.69) is 15.9 Å². The third-order valence-electron chi connectivity index (χ3n) is 2.84. The van der Waals surface area contributed by atoms with Gasteiger partial charge in [-0.25, -0.2) is 9.18 Å². The van der Waals surface area contributed by atoms with Crippen molar-refractivity contribution in [2.24, 2.45) is 0 Å². The Kier molecular flexibility index (Phi) is 5.81. The summed E-state index contributed by atoms with van der Waals surface area (Å²) in [5.41, 5.74) is 0. The van der Waals surface area contributed by atoms with Crippen molar-refractivity contribution in [2.75, 3.05) is 20.8 Å². The molecule has 0 aliphatic heterocycles. The van der Waals surface area contributed by atoms with Crippen LogP contribution >= 0.6 is 15.9 Å². The van der Waals surface area contributed by atoms with Gasteiger partial charge in [0, 0.05) is 0 Å². The number of hydrogen-bond donors (Lipinski definition) is 0. The Morgan fingerprint density at radius 2 is 1.74 bits per heavy atom. The number of hydrogen-bond acceptors (Lipinski definition) is 5. The van der Waals surface area contributed by atoms with Gasteiger partial charge in [0.25, 0.3) is 0 Å². The van der Waals surface area contributed by atoms with Crippen LogP contribution in [0.4, 0.5) is 4.39 Å². The summed E-state index contributed by atoms with van der Waals surface area (Å²) < 4.78 is 34.2. The molecule has 2 rings (SSSR count). The molecule has 0 saturated heterocycles. The highest BCUT2D eigenvalue weighted by Gasteiger charge is 2.16. The highest BCUT2D eigenvalue weighted by molar-refractivity contribution is 9.10. The first-order chi connectivity index (χ1) is 11.0. The summed E-state index contributed by atoms with van der Waals surface area (Å²) in [6.07, 6.45) is 0. The molecule has 0 aromatic heterocycles. The largest absolute Gasteiger partial charge is 0.493 e. The van der Waals surface area contributed by atoms with Gasteiger partial charge >= 0.3 is 5.97 Å². The van der Waals surface area contributed by atoms with E-state index in [1.54, 1.807) is 18.2 Å². The molecule has 122 valence electrons. The zero-order valence-electron chi connectivity index (χ0n) is 12.5. The molecule has 2 aromatic carbocycles. The number of para-hydroxylation sites is 1. The molecule has 0 aliphatic rings. The van der Waals surface area contributed by atoms with E-state index in [1.165, 1.54) is 32.4 Å². The number of halogens is 2. The first kappa shape index (κ1) is 17.1. The summed E-state index contributed by atoms with van der Waals surface area (Å²) in [7, 11) is 2.91. The molecule has 0 unspecified atom stereocenters. The van der Waals surface area contributed by atoms with Gasteiger partial charge < -0.3 is 18.9 Å². The molecule has 0 atom stereocenters. The van der Waals surface area contributed by atoms with E-state index in [1.807, 2.05) is 0 Å². The number of ether oxygens (including phenoxy) is 4. The molecule has 0 fully saturated rings. The highest BCUT2D eigenvalue weighted by Crippen LogP contribution is 2.36. The number of carbonyl (C=O) groups is 1. The van der Waals surface area contributed by atoms with E-state index in [0.717, 1.165) is 0 Å². The quantitative estimate of drug-likeness (QED) is 0.562. The van der Waals surface area contributed by atoms with Crippen LogP contribution in [-0.2, 0) is 4.79 Å². The zero-order valence-corrected chi connectivity index (χ0v) is 14.1. The Morgan fingerprint density at radius 3 is 2.30 bits per heavy atom. The molecule has 7 heteroatoms. The van der Waals surface area contributed by atoms with Crippen molar-refractivity contribution in [3.05, 3.63) is 46.7 Å². The number of rotatable bonds is 6. The molecule has 2 aromatic rings. The van der Waals surface area contributed by atoms with Crippen LogP contribution in [-0.4, -0.2) is 26.8 Å². The minimum atomic E-state index is -0.649. The monoisotopic (exact) mass is 384 g/mol. The van der Waals surface area contributed by atoms with Crippen LogP contribution < -0.4 is 18.9 Å². The molecule has 0 radical (unpaired) electrons. The molecule has 0 bridgehead atoms. The van der Waals surface area contributed by atoms with Gasteiger partial charge in [-0.05, 0) is 46.3 Å². The Labute approximate surface area is 141 Å². The van der Waals surface area contributed by atoms with Gasteiger partial charge in [-0.1, -0.05) is 6.07 Å². The molecule has 0 aliphatic carbocycles. The Morgan fingerprint density at radius 1 is 1.09 bits per heavy atom. The second-order valence-corrected chi connectivity index (χ2v) is 5.18. The summed E-state index contributed by atoms with van der Waals surface area (Å²) in [6, 6.07) is 8.88. The second kappa shape index (κ2) is 7.82. The zero-order chi connectivity index (χ0) is 16.8. The normalized spacial score (nSPS) is 10.1. The molecule has 0 saturated carbocycles. The lowest BCUT2D eigenvalue weighted by Crippen LogP contribution is -2.18. The smallest absolute Gasteiger partial charge is 0.349 e. The van der Waals surface area contributed by atoms with E-state index in [0.29, 0.717) is 21.7 Å². The van der Waals surface area contributed by atoms with E-state index in [4.69, 9.17) is 18.9 Å². The van der Waals surface area contributed by atoms with Gasteiger partial charge in [0.1, 0.15) is 11.6 Å². The second-order valence-electron chi connectivity index (χ2n) is 4.33. The molecule has 0 amide bonds. The first-order valence-electron chi connectivity index (χ1n) is 6.54. The summed E-state index contributed by atoms with van der Waals surface area (Å²) in [6.45, 7) is -0.356. The van der Waals surface area contributed by atoms with Crippen molar-refractivity contribution in [3.63, 3.8) is 0 Å². The molecular formula is C16H14BrFO5. The van der Waals surface area contributed by atoms with E-state index in [-0.39, 0.29) is 12.4 Å². The predicted molar refractivity (Wildman–Crippen MR) is 84.8 cm³/mol. The Hall–Kier alpha value is -2.28. The van der Waals surface area contributed by atoms with Gasteiger partial charge in [0.2, 0.25) is 5.75 Å². The lowest BCUT2D eigenvalue weighted by atomic mass is 10.3. The molecular weight excluding hydrogens is 371 g/mol. The topological polar surface area (TPSA) is 54.0 Å². The lowest BCUT2D eigenvalue weighted by molar-refractivity contribution is -0.136.